The molecule has 0 aliphatic carbocycles. The molecule has 1 rings (SSSR count). The normalized spacial score (nSPS) is 12.7. The topological polar surface area (TPSA) is 41.5 Å². The lowest BCUT2D eigenvalue weighted by molar-refractivity contribution is 0.104. The maximum Gasteiger partial charge on any atom is 0.165 e. The van der Waals surface area contributed by atoms with Gasteiger partial charge in [0, 0.05) is 6.54 Å². The van der Waals surface area contributed by atoms with Crippen molar-refractivity contribution in [2.24, 2.45) is 5.92 Å². The Kier molecular flexibility index (Phi) is 7.45. The fraction of sp³-hybridized carbons (Fsp3) is 0.600. The van der Waals surface area contributed by atoms with Gasteiger partial charge in [-0.15, -0.1) is 0 Å². The van der Waals surface area contributed by atoms with E-state index in [9.17, 15) is 9.50 Å². The van der Waals surface area contributed by atoms with Crippen LogP contribution in [0.2, 0.25) is 0 Å². The van der Waals surface area contributed by atoms with Crippen LogP contribution in [-0.4, -0.2) is 30.9 Å². The van der Waals surface area contributed by atoms with Crippen LogP contribution in [0.25, 0.3) is 0 Å². The van der Waals surface area contributed by atoms with Crippen LogP contribution < -0.4 is 10.1 Å². The summed E-state index contributed by atoms with van der Waals surface area (Å²) in [5, 5.41) is 12.9. The van der Waals surface area contributed by atoms with E-state index in [0.717, 1.165) is 13.0 Å². The van der Waals surface area contributed by atoms with E-state index < -0.39 is 11.9 Å². The smallest absolute Gasteiger partial charge is 0.165 e. The first-order valence-corrected chi connectivity index (χ1v) is 6.85. The molecule has 0 bridgehead atoms. The lowest BCUT2D eigenvalue weighted by Gasteiger charge is -2.14. The molecule has 0 amide bonds. The lowest BCUT2D eigenvalue weighted by atomic mass is 10.1. The zero-order valence-electron chi connectivity index (χ0n) is 11.7. The molecule has 108 valence electrons. The molecule has 1 aromatic carbocycles. The van der Waals surface area contributed by atoms with Crippen molar-refractivity contribution in [2.75, 3.05) is 19.7 Å². The number of aliphatic hydroxyl groups is 1. The third kappa shape index (κ3) is 7.13. The van der Waals surface area contributed by atoms with Crippen LogP contribution in [0.4, 0.5) is 4.39 Å². The fourth-order valence-corrected chi connectivity index (χ4v) is 1.71. The number of para-hydroxylation sites is 1. The minimum Gasteiger partial charge on any atom is -0.488 e. The molecule has 0 aliphatic rings. The fourth-order valence-electron chi connectivity index (χ4n) is 1.71. The maximum absolute atomic E-state index is 13.2. The molecular formula is C15H24FNO2. The van der Waals surface area contributed by atoms with Crippen LogP contribution in [0.1, 0.15) is 26.7 Å². The van der Waals surface area contributed by atoms with Crippen LogP contribution in [0.3, 0.4) is 0 Å². The minimum absolute atomic E-state index is 0.0954. The molecule has 0 fully saturated rings. The largest absolute Gasteiger partial charge is 0.488 e. The van der Waals surface area contributed by atoms with Gasteiger partial charge in [0.1, 0.15) is 12.7 Å². The van der Waals surface area contributed by atoms with Gasteiger partial charge in [0.15, 0.2) is 11.6 Å². The molecule has 19 heavy (non-hydrogen) atoms. The highest BCUT2D eigenvalue weighted by Crippen LogP contribution is 2.15. The SMILES string of the molecule is CC(C)CCCNCC(O)COc1ccccc1F. The molecule has 0 heterocycles. The van der Waals surface area contributed by atoms with Crippen LogP contribution in [0.15, 0.2) is 24.3 Å². The third-order valence-electron chi connectivity index (χ3n) is 2.78. The van der Waals surface area contributed by atoms with Gasteiger partial charge in [0.25, 0.3) is 0 Å². The molecule has 4 heteroatoms. The highest BCUT2D eigenvalue weighted by Gasteiger charge is 2.07. The first-order chi connectivity index (χ1) is 9.09. The van der Waals surface area contributed by atoms with Crippen molar-refractivity contribution in [3.8, 4) is 5.75 Å². The second kappa shape index (κ2) is 8.88. The summed E-state index contributed by atoms with van der Waals surface area (Å²) in [5.74, 6) is 0.483. The van der Waals surface area contributed by atoms with Gasteiger partial charge in [-0.1, -0.05) is 26.0 Å². The van der Waals surface area contributed by atoms with Crippen LogP contribution in [-0.2, 0) is 0 Å². The monoisotopic (exact) mass is 269 g/mol. The second-order valence-electron chi connectivity index (χ2n) is 5.14. The van der Waals surface area contributed by atoms with E-state index in [4.69, 9.17) is 4.74 Å². The molecule has 0 saturated heterocycles. The van der Waals surface area contributed by atoms with Gasteiger partial charge >= 0.3 is 0 Å². The number of aliphatic hydroxyl groups excluding tert-OH is 1. The second-order valence-corrected chi connectivity index (χ2v) is 5.14. The zero-order valence-corrected chi connectivity index (χ0v) is 11.7. The predicted molar refractivity (Wildman–Crippen MR) is 74.8 cm³/mol. The zero-order chi connectivity index (χ0) is 14.1. The summed E-state index contributed by atoms with van der Waals surface area (Å²) >= 11 is 0. The molecule has 0 spiro atoms. The molecule has 0 aliphatic heterocycles. The highest BCUT2D eigenvalue weighted by molar-refractivity contribution is 5.23. The summed E-state index contributed by atoms with van der Waals surface area (Å²) in [6.07, 6.45) is 1.64. The summed E-state index contributed by atoms with van der Waals surface area (Å²) in [7, 11) is 0. The number of hydrogen-bond acceptors (Lipinski definition) is 3. The Morgan fingerprint density at radius 2 is 2.05 bits per heavy atom. The Hall–Kier alpha value is -1.13. The summed E-state index contributed by atoms with van der Waals surface area (Å²) in [5.41, 5.74) is 0. The summed E-state index contributed by atoms with van der Waals surface area (Å²) in [6, 6.07) is 6.20. The van der Waals surface area contributed by atoms with Crippen molar-refractivity contribution in [1.82, 2.24) is 5.32 Å². The summed E-state index contributed by atoms with van der Waals surface area (Å²) in [4.78, 5) is 0. The molecular weight excluding hydrogens is 245 g/mol. The standard InChI is InChI=1S/C15H24FNO2/c1-12(2)6-5-9-17-10-13(18)11-19-15-8-4-3-7-14(15)16/h3-4,7-8,12-13,17-18H,5-6,9-11H2,1-2H3. The molecule has 3 nitrogen and oxygen atoms in total. The molecule has 0 radical (unpaired) electrons. The predicted octanol–water partition coefficient (Wildman–Crippen LogP) is 2.59. The van der Waals surface area contributed by atoms with E-state index in [-0.39, 0.29) is 12.4 Å². The van der Waals surface area contributed by atoms with E-state index in [1.807, 2.05) is 0 Å². The molecule has 1 aromatic rings. The number of rotatable bonds is 9. The average Bonchev–Trinajstić information content (AvgIpc) is 2.37. The Balaban J connectivity index is 2.11. The van der Waals surface area contributed by atoms with Gasteiger partial charge in [-0.25, -0.2) is 4.39 Å². The van der Waals surface area contributed by atoms with Crippen molar-refractivity contribution in [3.63, 3.8) is 0 Å². The highest BCUT2D eigenvalue weighted by atomic mass is 19.1. The number of halogens is 1. The number of hydrogen-bond donors (Lipinski definition) is 2. The Labute approximate surface area is 114 Å². The van der Waals surface area contributed by atoms with Gasteiger partial charge in [-0.2, -0.15) is 0 Å². The Morgan fingerprint density at radius 3 is 2.74 bits per heavy atom. The summed E-state index contributed by atoms with van der Waals surface area (Å²) < 4.78 is 18.5. The van der Waals surface area contributed by atoms with E-state index >= 15 is 0 Å². The van der Waals surface area contributed by atoms with E-state index in [0.29, 0.717) is 12.5 Å². The van der Waals surface area contributed by atoms with Crippen molar-refractivity contribution in [1.29, 1.82) is 0 Å². The van der Waals surface area contributed by atoms with Crippen LogP contribution in [0, 0.1) is 11.7 Å². The maximum atomic E-state index is 13.2. The van der Waals surface area contributed by atoms with Crippen molar-refractivity contribution in [3.05, 3.63) is 30.1 Å². The van der Waals surface area contributed by atoms with Gasteiger partial charge < -0.3 is 15.2 Å². The van der Waals surface area contributed by atoms with E-state index in [2.05, 4.69) is 19.2 Å². The van der Waals surface area contributed by atoms with Gasteiger partial charge in [-0.3, -0.25) is 0 Å². The first-order valence-electron chi connectivity index (χ1n) is 6.85. The number of benzene rings is 1. The molecule has 1 atom stereocenters. The van der Waals surface area contributed by atoms with Gasteiger partial charge in [0.2, 0.25) is 0 Å². The Bertz CT molecular complexity index is 358. The van der Waals surface area contributed by atoms with Crippen molar-refractivity contribution in [2.45, 2.75) is 32.8 Å². The van der Waals surface area contributed by atoms with Crippen molar-refractivity contribution >= 4 is 0 Å². The van der Waals surface area contributed by atoms with Crippen LogP contribution in [0.5, 0.6) is 5.75 Å². The number of nitrogens with one attached hydrogen (secondary N) is 1. The number of ether oxygens (including phenoxy) is 1. The van der Waals surface area contributed by atoms with Gasteiger partial charge in [-0.05, 0) is 37.4 Å². The van der Waals surface area contributed by atoms with Gasteiger partial charge in [0.05, 0.1) is 0 Å². The molecule has 0 saturated carbocycles. The lowest BCUT2D eigenvalue weighted by Crippen LogP contribution is -2.32. The van der Waals surface area contributed by atoms with E-state index in [1.165, 1.54) is 12.5 Å². The van der Waals surface area contributed by atoms with Crippen molar-refractivity contribution < 1.29 is 14.2 Å². The quantitative estimate of drug-likeness (QED) is 0.677. The average molecular weight is 269 g/mol. The first kappa shape index (κ1) is 15.9. The van der Waals surface area contributed by atoms with E-state index in [1.54, 1.807) is 18.2 Å². The summed E-state index contributed by atoms with van der Waals surface area (Å²) in [6.45, 7) is 5.83. The molecule has 2 N–H and O–H groups in total. The minimum atomic E-state index is -0.626. The van der Waals surface area contributed by atoms with Crippen LogP contribution >= 0.6 is 0 Å². The molecule has 1 unspecified atom stereocenters. The third-order valence-corrected chi connectivity index (χ3v) is 2.78. The Morgan fingerprint density at radius 1 is 1.32 bits per heavy atom. The molecule has 0 aromatic heterocycles.